The fourth-order valence-corrected chi connectivity index (χ4v) is 1.33. The summed E-state index contributed by atoms with van der Waals surface area (Å²) in [5.41, 5.74) is -0.916. The van der Waals surface area contributed by atoms with Crippen LogP contribution in [0.3, 0.4) is 0 Å². The van der Waals surface area contributed by atoms with Crippen LogP contribution < -0.4 is 10.6 Å². The number of rotatable bonds is 5. The highest BCUT2D eigenvalue weighted by molar-refractivity contribution is 5.96. The van der Waals surface area contributed by atoms with Crippen molar-refractivity contribution in [2.75, 3.05) is 20.2 Å². The van der Waals surface area contributed by atoms with Crippen LogP contribution in [0.5, 0.6) is 0 Å². The van der Waals surface area contributed by atoms with Gasteiger partial charge in [-0.15, -0.1) is 0 Å². The van der Waals surface area contributed by atoms with E-state index in [0.29, 0.717) is 0 Å². The molecule has 0 radical (unpaired) electrons. The van der Waals surface area contributed by atoms with Crippen molar-refractivity contribution >= 4 is 17.8 Å². The van der Waals surface area contributed by atoms with Crippen LogP contribution in [0.15, 0.2) is 24.3 Å². The van der Waals surface area contributed by atoms with Crippen LogP contribution in [0.2, 0.25) is 0 Å². The summed E-state index contributed by atoms with van der Waals surface area (Å²) in [5, 5.41) is 4.41. The highest BCUT2D eigenvalue weighted by Crippen LogP contribution is 2.28. The summed E-state index contributed by atoms with van der Waals surface area (Å²) in [4.78, 5) is 33.7. The molecule has 6 nitrogen and oxygen atoms in total. The molecule has 0 bridgehead atoms. The van der Waals surface area contributed by atoms with Crippen LogP contribution in [0, 0.1) is 0 Å². The Labute approximate surface area is 123 Å². The number of nitrogens with one attached hydrogen (secondary N) is 2. The number of ether oxygens (including phenoxy) is 1. The zero-order chi connectivity index (χ0) is 16.8. The molecule has 0 saturated heterocycles. The normalized spacial score (nSPS) is 10.7. The molecule has 120 valence electrons. The van der Waals surface area contributed by atoms with Crippen LogP contribution in [0.1, 0.15) is 15.9 Å². The summed E-state index contributed by atoms with van der Waals surface area (Å²) in [5.74, 6) is -2.09. The zero-order valence-corrected chi connectivity index (χ0v) is 11.5. The minimum Gasteiger partial charge on any atom is -0.454 e. The van der Waals surface area contributed by atoms with E-state index in [-0.39, 0.29) is 5.56 Å². The van der Waals surface area contributed by atoms with Crippen molar-refractivity contribution in [3.63, 3.8) is 0 Å². The van der Waals surface area contributed by atoms with Gasteiger partial charge in [-0.2, -0.15) is 13.2 Å². The number of hydrogen-bond donors (Lipinski definition) is 2. The minimum absolute atomic E-state index is 0.0351. The maximum absolute atomic E-state index is 12.4. The third kappa shape index (κ3) is 5.43. The van der Waals surface area contributed by atoms with Gasteiger partial charge < -0.3 is 15.4 Å². The lowest BCUT2D eigenvalue weighted by molar-refractivity contribution is -0.147. The average Bonchev–Trinajstić information content (AvgIpc) is 2.49. The van der Waals surface area contributed by atoms with Crippen molar-refractivity contribution in [2.45, 2.75) is 6.18 Å². The van der Waals surface area contributed by atoms with Crippen molar-refractivity contribution in [1.29, 1.82) is 0 Å². The zero-order valence-electron chi connectivity index (χ0n) is 11.5. The number of benzene rings is 1. The van der Waals surface area contributed by atoms with Crippen LogP contribution in [-0.2, 0) is 20.5 Å². The van der Waals surface area contributed by atoms with Gasteiger partial charge in [0.05, 0.1) is 5.56 Å². The van der Waals surface area contributed by atoms with E-state index in [0.717, 1.165) is 24.3 Å². The molecule has 0 fully saturated rings. The predicted molar refractivity (Wildman–Crippen MR) is 68.8 cm³/mol. The summed E-state index contributed by atoms with van der Waals surface area (Å²) in [6.45, 7) is -0.984. The summed E-state index contributed by atoms with van der Waals surface area (Å²) in [6, 6.07) is 3.51. The number of carbonyl (C=O) groups is 3. The lowest BCUT2D eigenvalue weighted by Gasteiger charge is -2.08. The van der Waals surface area contributed by atoms with Crippen molar-refractivity contribution in [1.82, 2.24) is 10.6 Å². The number of likely N-dealkylation sites (N-methyl/N-ethyl adjacent to an activating group) is 1. The Morgan fingerprint density at radius 1 is 1.14 bits per heavy atom. The maximum atomic E-state index is 12.4. The molecule has 0 heterocycles. The SMILES string of the molecule is CNC(=O)COC(=O)CNC(=O)c1ccc(C(F)(F)F)cc1. The van der Waals surface area contributed by atoms with E-state index in [1.165, 1.54) is 7.05 Å². The van der Waals surface area contributed by atoms with Crippen molar-refractivity contribution in [3.8, 4) is 0 Å². The second-order valence-electron chi connectivity index (χ2n) is 4.09. The minimum atomic E-state index is -4.49. The van der Waals surface area contributed by atoms with E-state index >= 15 is 0 Å². The van der Waals surface area contributed by atoms with E-state index in [9.17, 15) is 27.6 Å². The van der Waals surface area contributed by atoms with E-state index in [2.05, 4.69) is 15.4 Å². The van der Waals surface area contributed by atoms with Crippen LogP contribution in [0.25, 0.3) is 0 Å². The largest absolute Gasteiger partial charge is 0.454 e. The van der Waals surface area contributed by atoms with Crippen molar-refractivity contribution in [3.05, 3.63) is 35.4 Å². The molecule has 22 heavy (non-hydrogen) atoms. The molecule has 0 atom stereocenters. The molecule has 0 aliphatic rings. The van der Waals surface area contributed by atoms with E-state index in [1.54, 1.807) is 0 Å². The molecule has 2 N–H and O–H groups in total. The van der Waals surface area contributed by atoms with Crippen molar-refractivity contribution in [2.24, 2.45) is 0 Å². The summed E-state index contributed by atoms with van der Waals surface area (Å²) < 4.78 is 41.6. The smallest absolute Gasteiger partial charge is 0.416 e. The number of halogens is 3. The molecule has 0 aliphatic heterocycles. The molecular weight excluding hydrogens is 305 g/mol. The third-order valence-electron chi connectivity index (χ3n) is 2.51. The first-order valence-corrected chi connectivity index (χ1v) is 6.05. The molecule has 0 spiro atoms. The Balaban J connectivity index is 2.49. The van der Waals surface area contributed by atoms with Gasteiger partial charge in [-0.25, -0.2) is 0 Å². The van der Waals surface area contributed by atoms with Gasteiger partial charge in [-0.3, -0.25) is 14.4 Å². The number of esters is 1. The lowest BCUT2D eigenvalue weighted by Crippen LogP contribution is -2.33. The Morgan fingerprint density at radius 3 is 2.23 bits per heavy atom. The number of amides is 2. The molecule has 2 amide bonds. The van der Waals surface area contributed by atoms with E-state index in [4.69, 9.17) is 0 Å². The summed E-state index contributed by atoms with van der Waals surface area (Å²) >= 11 is 0. The number of hydrogen-bond acceptors (Lipinski definition) is 4. The Morgan fingerprint density at radius 2 is 1.73 bits per heavy atom. The van der Waals surface area contributed by atoms with Gasteiger partial charge in [0.1, 0.15) is 6.54 Å². The van der Waals surface area contributed by atoms with Crippen molar-refractivity contribution < 1.29 is 32.3 Å². The first-order valence-electron chi connectivity index (χ1n) is 6.05. The van der Waals surface area contributed by atoms with Crippen LogP contribution in [-0.4, -0.2) is 38.0 Å². The van der Waals surface area contributed by atoms with Gasteiger partial charge in [0.25, 0.3) is 11.8 Å². The molecule has 9 heteroatoms. The molecule has 0 unspecified atom stereocenters. The van der Waals surface area contributed by atoms with Gasteiger partial charge in [0.2, 0.25) is 0 Å². The number of carbonyl (C=O) groups excluding carboxylic acids is 3. The van der Waals surface area contributed by atoms with E-state index < -0.39 is 42.7 Å². The highest BCUT2D eigenvalue weighted by Gasteiger charge is 2.30. The first kappa shape index (κ1) is 17.5. The average molecular weight is 318 g/mol. The second kappa shape index (κ2) is 7.43. The Hall–Kier alpha value is -2.58. The van der Waals surface area contributed by atoms with Gasteiger partial charge in [-0.05, 0) is 24.3 Å². The van der Waals surface area contributed by atoms with Gasteiger partial charge in [0, 0.05) is 12.6 Å². The standard InChI is InChI=1S/C13H13F3N2O4/c1-17-10(19)7-22-11(20)6-18-12(21)8-2-4-9(5-3-8)13(14,15)16/h2-5H,6-7H2,1H3,(H,17,19)(H,18,21). The summed E-state index contributed by atoms with van der Waals surface area (Å²) in [6.07, 6.45) is -4.49. The Kier molecular flexibility index (Phi) is 5.90. The molecule has 0 saturated carbocycles. The molecule has 0 aliphatic carbocycles. The topological polar surface area (TPSA) is 84.5 Å². The molecule has 1 aromatic carbocycles. The number of alkyl halides is 3. The monoisotopic (exact) mass is 318 g/mol. The van der Waals surface area contributed by atoms with Gasteiger partial charge in [0.15, 0.2) is 6.61 Å². The van der Waals surface area contributed by atoms with Crippen LogP contribution >= 0.6 is 0 Å². The Bertz CT molecular complexity index is 555. The second-order valence-corrected chi connectivity index (χ2v) is 4.09. The molecule has 1 aromatic rings. The molecule has 0 aromatic heterocycles. The van der Waals surface area contributed by atoms with E-state index in [1.807, 2.05) is 0 Å². The fraction of sp³-hybridized carbons (Fsp3) is 0.308. The maximum Gasteiger partial charge on any atom is 0.416 e. The molecule has 1 rings (SSSR count). The molecular formula is C13H13F3N2O4. The fourth-order valence-electron chi connectivity index (χ4n) is 1.33. The predicted octanol–water partition coefficient (Wildman–Crippen LogP) is 0.724. The quantitative estimate of drug-likeness (QED) is 0.784. The van der Waals surface area contributed by atoms with Gasteiger partial charge in [-0.1, -0.05) is 0 Å². The third-order valence-corrected chi connectivity index (χ3v) is 2.51. The first-order chi connectivity index (χ1) is 10.2. The lowest BCUT2D eigenvalue weighted by atomic mass is 10.1. The highest BCUT2D eigenvalue weighted by atomic mass is 19.4. The van der Waals surface area contributed by atoms with Gasteiger partial charge >= 0.3 is 12.1 Å². The summed E-state index contributed by atoms with van der Waals surface area (Å²) in [7, 11) is 1.36. The van der Waals surface area contributed by atoms with Crippen LogP contribution in [0.4, 0.5) is 13.2 Å².